The maximum atomic E-state index is 12.2. The molecule has 7 nitrogen and oxygen atoms in total. The maximum absolute atomic E-state index is 12.2. The van der Waals surface area contributed by atoms with Gasteiger partial charge in [0.25, 0.3) is 0 Å². The summed E-state index contributed by atoms with van der Waals surface area (Å²) in [5, 5.41) is 20.0. The van der Waals surface area contributed by atoms with E-state index in [-0.39, 0.29) is 6.54 Å². The maximum Gasteiger partial charge on any atom is 0.320 e. The molecule has 0 aliphatic rings. The van der Waals surface area contributed by atoms with Crippen molar-refractivity contribution < 1.29 is 14.3 Å². The van der Waals surface area contributed by atoms with Gasteiger partial charge in [0.1, 0.15) is 17.2 Å². The molecule has 25 heavy (non-hydrogen) atoms. The third kappa shape index (κ3) is 3.72. The average Bonchev–Trinajstić information content (AvgIpc) is 3.26. The van der Waals surface area contributed by atoms with Gasteiger partial charge < -0.3 is 14.8 Å². The van der Waals surface area contributed by atoms with Gasteiger partial charge in [0.15, 0.2) is 0 Å². The molecule has 2 amide bonds. The topological polar surface area (TPSA) is 92.3 Å². The van der Waals surface area contributed by atoms with E-state index in [9.17, 15) is 9.90 Å². The molecule has 1 atom stereocenters. The molecular weight excluding hydrogens is 320 g/mol. The Morgan fingerprint density at radius 2 is 2.08 bits per heavy atom. The Hall–Kier alpha value is -3.06. The minimum absolute atomic E-state index is 0.00481. The van der Waals surface area contributed by atoms with Crippen LogP contribution in [0.1, 0.15) is 18.2 Å². The number of aliphatic hydroxyl groups is 1. The van der Waals surface area contributed by atoms with E-state index in [1.54, 1.807) is 36.0 Å². The number of anilines is 1. The van der Waals surface area contributed by atoms with Crippen molar-refractivity contribution in [2.24, 2.45) is 0 Å². The highest BCUT2D eigenvalue weighted by Gasteiger charge is 2.26. The van der Waals surface area contributed by atoms with Crippen LogP contribution in [0.15, 0.2) is 59.3 Å². The van der Waals surface area contributed by atoms with Crippen molar-refractivity contribution in [3.05, 3.63) is 66.2 Å². The Morgan fingerprint density at radius 1 is 1.28 bits per heavy atom. The highest BCUT2D eigenvalue weighted by Crippen LogP contribution is 2.20. The van der Waals surface area contributed by atoms with Gasteiger partial charge in [0.05, 0.1) is 24.7 Å². The van der Waals surface area contributed by atoms with E-state index in [1.807, 2.05) is 31.2 Å². The number of benzene rings is 1. The first-order chi connectivity index (χ1) is 12.0. The van der Waals surface area contributed by atoms with E-state index in [2.05, 4.69) is 15.7 Å². The lowest BCUT2D eigenvalue weighted by Gasteiger charge is -2.21. The van der Waals surface area contributed by atoms with Crippen LogP contribution in [0.25, 0.3) is 5.69 Å². The van der Waals surface area contributed by atoms with E-state index >= 15 is 0 Å². The highest BCUT2D eigenvalue weighted by atomic mass is 16.4. The van der Waals surface area contributed by atoms with E-state index in [0.717, 1.165) is 11.3 Å². The first kappa shape index (κ1) is 16.8. The molecule has 0 aliphatic heterocycles. The largest absolute Gasteiger partial charge is 0.466 e. The van der Waals surface area contributed by atoms with Crippen molar-refractivity contribution in [2.45, 2.75) is 19.4 Å². The van der Waals surface area contributed by atoms with Gasteiger partial charge in [-0.2, -0.15) is 5.10 Å². The number of nitrogens with zero attached hydrogens (tertiary/aromatic N) is 2. The number of aromatic nitrogens is 2. The van der Waals surface area contributed by atoms with Gasteiger partial charge in [-0.15, -0.1) is 0 Å². The summed E-state index contributed by atoms with van der Waals surface area (Å²) in [7, 11) is 0. The molecule has 0 fully saturated rings. The number of amides is 2. The summed E-state index contributed by atoms with van der Waals surface area (Å²) in [6, 6.07) is 12.4. The lowest BCUT2D eigenvalue weighted by molar-refractivity contribution is 0.0372. The summed E-state index contributed by atoms with van der Waals surface area (Å²) >= 11 is 0. The van der Waals surface area contributed by atoms with E-state index in [1.165, 1.54) is 6.26 Å². The highest BCUT2D eigenvalue weighted by molar-refractivity contribution is 5.88. The van der Waals surface area contributed by atoms with Crippen LogP contribution >= 0.6 is 0 Å². The minimum atomic E-state index is -1.29. The lowest BCUT2D eigenvalue weighted by atomic mass is 10.0. The smallest absolute Gasteiger partial charge is 0.320 e. The van der Waals surface area contributed by atoms with Gasteiger partial charge in [0.2, 0.25) is 0 Å². The molecular formula is C18H20N4O3. The van der Waals surface area contributed by atoms with E-state index in [4.69, 9.17) is 4.42 Å². The first-order valence-corrected chi connectivity index (χ1v) is 7.88. The lowest BCUT2D eigenvalue weighted by Crippen LogP contribution is -2.40. The number of hydrogen-bond acceptors (Lipinski definition) is 4. The fourth-order valence-corrected chi connectivity index (χ4v) is 2.48. The second-order valence-corrected chi connectivity index (χ2v) is 5.97. The minimum Gasteiger partial charge on any atom is -0.466 e. The zero-order valence-electron chi connectivity index (χ0n) is 14.1. The van der Waals surface area contributed by atoms with Gasteiger partial charge in [0, 0.05) is 6.07 Å². The first-order valence-electron chi connectivity index (χ1n) is 7.88. The van der Waals surface area contributed by atoms with Crippen molar-refractivity contribution in [3.63, 3.8) is 0 Å². The van der Waals surface area contributed by atoms with Crippen molar-refractivity contribution in [1.29, 1.82) is 0 Å². The van der Waals surface area contributed by atoms with Crippen LogP contribution in [-0.2, 0) is 5.60 Å². The number of carbonyl (C=O) groups excluding carboxylic acids is 1. The van der Waals surface area contributed by atoms with Crippen LogP contribution < -0.4 is 10.6 Å². The third-order valence-electron chi connectivity index (χ3n) is 3.87. The van der Waals surface area contributed by atoms with Crippen molar-refractivity contribution in [2.75, 3.05) is 11.9 Å². The number of hydrogen-bond donors (Lipinski definition) is 3. The number of furan rings is 1. The summed E-state index contributed by atoms with van der Waals surface area (Å²) < 4.78 is 6.84. The van der Waals surface area contributed by atoms with Crippen LogP contribution in [-0.4, -0.2) is 27.5 Å². The summed E-state index contributed by atoms with van der Waals surface area (Å²) in [5.41, 5.74) is 0.623. The molecule has 1 unspecified atom stereocenters. The molecule has 0 saturated heterocycles. The molecule has 0 bridgehead atoms. The SMILES string of the molecule is Cc1ccccc1-n1nccc1NC(=O)NCC(C)(O)c1ccco1. The molecule has 3 rings (SSSR count). The summed E-state index contributed by atoms with van der Waals surface area (Å²) in [6.07, 6.45) is 3.09. The zero-order valence-corrected chi connectivity index (χ0v) is 14.1. The number of urea groups is 1. The summed E-state index contributed by atoms with van der Waals surface area (Å²) in [6.45, 7) is 3.55. The predicted octanol–water partition coefficient (Wildman–Crippen LogP) is 2.80. The summed E-state index contributed by atoms with van der Waals surface area (Å²) in [4.78, 5) is 12.2. The quantitative estimate of drug-likeness (QED) is 0.666. The van der Waals surface area contributed by atoms with Crippen LogP contribution in [0.5, 0.6) is 0 Å². The second kappa shape index (κ2) is 6.82. The molecule has 0 saturated carbocycles. The Bertz CT molecular complexity index is 853. The predicted molar refractivity (Wildman–Crippen MR) is 93.6 cm³/mol. The number of para-hydroxylation sites is 1. The Kier molecular flexibility index (Phi) is 4.58. The zero-order chi connectivity index (χ0) is 17.9. The van der Waals surface area contributed by atoms with Crippen LogP contribution in [0.3, 0.4) is 0 Å². The average molecular weight is 340 g/mol. The second-order valence-electron chi connectivity index (χ2n) is 5.97. The number of nitrogens with one attached hydrogen (secondary N) is 2. The van der Waals surface area contributed by atoms with Gasteiger partial charge in [-0.05, 0) is 37.6 Å². The van der Waals surface area contributed by atoms with Gasteiger partial charge in [-0.1, -0.05) is 18.2 Å². The molecule has 3 aromatic rings. The van der Waals surface area contributed by atoms with E-state index < -0.39 is 11.6 Å². The molecule has 2 heterocycles. The van der Waals surface area contributed by atoms with E-state index in [0.29, 0.717) is 11.6 Å². The Labute approximate surface area is 145 Å². The molecule has 0 spiro atoms. The molecule has 0 radical (unpaired) electrons. The van der Waals surface area contributed by atoms with Gasteiger partial charge >= 0.3 is 6.03 Å². The van der Waals surface area contributed by atoms with Crippen LogP contribution in [0, 0.1) is 6.92 Å². The standard InChI is InChI=1S/C18H20N4O3/c1-13-6-3-4-7-14(13)22-16(9-10-20-22)21-17(23)19-12-18(2,24)15-8-5-11-25-15/h3-11,24H,12H2,1-2H3,(H2,19,21,23). The molecule has 130 valence electrons. The fraction of sp³-hybridized carbons (Fsp3) is 0.222. The molecule has 1 aromatic carbocycles. The van der Waals surface area contributed by atoms with Crippen LogP contribution in [0.2, 0.25) is 0 Å². The monoisotopic (exact) mass is 340 g/mol. The van der Waals surface area contributed by atoms with Crippen molar-refractivity contribution in [1.82, 2.24) is 15.1 Å². The third-order valence-corrected chi connectivity index (χ3v) is 3.87. The molecule has 0 aliphatic carbocycles. The molecule has 3 N–H and O–H groups in total. The van der Waals surface area contributed by atoms with Gasteiger partial charge in [-0.3, -0.25) is 5.32 Å². The fourth-order valence-electron chi connectivity index (χ4n) is 2.48. The normalized spacial score (nSPS) is 13.2. The van der Waals surface area contributed by atoms with Gasteiger partial charge in [-0.25, -0.2) is 9.48 Å². The molecule has 7 heteroatoms. The number of rotatable bonds is 5. The number of aryl methyl sites for hydroxylation is 1. The Balaban J connectivity index is 1.67. The Morgan fingerprint density at radius 3 is 2.80 bits per heavy atom. The number of carbonyl (C=O) groups is 1. The molecule has 2 aromatic heterocycles. The van der Waals surface area contributed by atoms with Crippen LogP contribution in [0.4, 0.5) is 10.6 Å². The van der Waals surface area contributed by atoms with Crippen molar-refractivity contribution >= 4 is 11.8 Å². The van der Waals surface area contributed by atoms with Crippen molar-refractivity contribution in [3.8, 4) is 5.69 Å². The summed E-state index contributed by atoms with van der Waals surface area (Å²) in [5.74, 6) is 0.919.